The number of nitrogens with one attached hydrogen (secondary N) is 2. The van der Waals surface area contributed by atoms with Crippen molar-refractivity contribution >= 4 is 38.0 Å². The summed E-state index contributed by atoms with van der Waals surface area (Å²) in [6.45, 7) is 2.00. The van der Waals surface area contributed by atoms with Crippen LogP contribution < -0.4 is 5.43 Å². The maximum atomic E-state index is 11.4. The van der Waals surface area contributed by atoms with Gasteiger partial charge in [-0.05, 0) is 29.5 Å². The molecule has 0 aliphatic carbocycles. The normalized spacial score (nSPS) is 11.2. The average Bonchev–Trinajstić information content (AvgIpc) is 2.77. The average molecular weight is 364 g/mol. The lowest BCUT2D eigenvalue weighted by Crippen LogP contribution is -2.14. The van der Waals surface area contributed by atoms with Crippen molar-refractivity contribution in [1.82, 2.24) is 10.6 Å². The van der Waals surface area contributed by atoms with Crippen molar-refractivity contribution in [2.75, 3.05) is 13.7 Å². The maximum Gasteiger partial charge on any atom is 0.360 e. The van der Waals surface area contributed by atoms with Crippen molar-refractivity contribution in [2.24, 2.45) is 5.10 Å². The Morgan fingerprint density at radius 3 is 3.00 bits per heavy atom. The third-order valence-corrected chi connectivity index (χ3v) is 2.51. The van der Waals surface area contributed by atoms with Gasteiger partial charge in [-0.15, -0.1) is 0 Å². The summed E-state index contributed by atoms with van der Waals surface area (Å²) in [4.78, 5) is 11.4. The molecule has 0 unspecified atom stereocenters. The second-order valence-corrected chi connectivity index (χ2v) is 4.25. The Morgan fingerprint density at radius 1 is 1.72 bits per heavy atom. The first-order valence-electron chi connectivity index (χ1n) is 5.18. The summed E-state index contributed by atoms with van der Waals surface area (Å²) in [7, 11) is 1.64. The van der Waals surface area contributed by atoms with Gasteiger partial charge < -0.3 is 14.7 Å². The molecule has 8 heteroatoms. The number of hydrogen-bond acceptors (Lipinski definition) is 7. The number of esters is 1. The van der Waals surface area contributed by atoms with Crippen LogP contribution in [0.1, 0.15) is 23.2 Å². The Balaban J connectivity index is 2.77. The minimum absolute atomic E-state index is 0.121. The molecule has 1 heterocycles. The van der Waals surface area contributed by atoms with Gasteiger partial charge in [0.05, 0.1) is 18.7 Å². The van der Waals surface area contributed by atoms with E-state index in [1.54, 1.807) is 14.0 Å². The van der Waals surface area contributed by atoms with Crippen molar-refractivity contribution in [3.63, 3.8) is 0 Å². The molecule has 1 aromatic heterocycles. The van der Waals surface area contributed by atoms with E-state index in [1.165, 1.54) is 6.07 Å². The smallest absolute Gasteiger partial charge is 0.360 e. The molecule has 0 saturated carbocycles. The number of hydrazone groups is 1. The number of hydrogen-bond donors (Lipinski definition) is 2. The van der Waals surface area contributed by atoms with Gasteiger partial charge in [0.2, 0.25) is 0 Å². The molecule has 0 aromatic carbocycles. The molecule has 1 rings (SSSR count). The molecule has 0 aliphatic rings. The largest absolute Gasteiger partial charge is 0.461 e. The molecule has 0 spiro atoms. The molecule has 18 heavy (non-hydrogen) atoms. The Bertz CT molecular complexity index is 469. The molecule has 0 amide bonds. The van der Waals surface area contributed by atoms with Crippen molar-refractivity contribution in [1.29, 1.82) is 5.41 Å². The fourth-order valence-corrected chi connectivity index (χ4v) is 1.48. The fourth-order valence-electron chi connectivity index (χ4n) is 1.16. The Morgan fingerprint density at radius 2 is 2.44 bits per heavy atom. The lowest BCUT2D eigenvalue weighted by molar-refractivity contribution is 0.0514. The van der Waals surface area contributed by atoms with E-state index < -0.39 is 5.97 Å². The standard InChI is InChI=1S/C10H13IN4O3/c1-3-17-10(16)8-5-6(18-15-8)4-7(9(11)12)14-13-2/h5,12-13H,3-4H2,1-2H3/b12-9?,14-7-. The summed E-state index contributed by atoms with van der Waals surface area (Å²) in [6, 6.07) is 1.49. The van der Waals surface area contributed by atoms with Gasteiger partial charge in [-0.25, -0.2) is 4.79 Å². The van der Waals surface area contributed by atoms with Gasteiger partial charge in [0.25, 0.3) is 0 Å². The highest BCUT2D eigenvalue weighted by molar-refractivity contribution is 14.1. The maximum absolute atomic E-state index is 11.4. The second kappa shape index (κ2) is 7.09. The lowest BCUT2D eigenvalue weighted by Gasteiger charge is -1.99. The quantitative estimate of drug-likeness (QED) is 0.344. The van der Waals surface area contributed by atoms with Crippen molar-refractivity contribution in [3.8, 4) is 0 Å². The number of carbonyl (C=O) groups is 1. The predicted molar refractivity (Wildman–Crippen MR) is 74.4 cm³/mol. The third kappa shape index (κ3) is 4.09. The number of carbonyl (C=O) groups excluding carboxylic acids is 1. The van der Waals surface area contributed by atoms with Crippen LogP contribution in [0, 0.1) is 5.41 Å². The summed E-state index contributed by atoms with van der Waals surface area (Å²) in [5, 5.41) is 15.1. The zero-order valence-electron chi connectivity index (χ0n) is 9.99. The Kier molecular flexibility index (Phi) is 5.75. The zero-order valence-corrected chi connectivity index (χ0v) is 12.1. The third-order valence-electron chi connectivity index (χ3n) is 1.89. The summed E-state index contributed by atoms with van der Waals surface area (Å²) in [5.41, 5.74) is 3.23. The number of ether oxygens (including phenoxy) is 1. The van der Waals surface area contributed by atoms with E-state index in [2.05, 4.69) is 15.7 Å². The number of nitrogens with zero attached hydrogens (tertiary/aromatic N) is 2. The van der Waals surface area contributed by atoms with Crippen LogP contribution in [0.3, 0.4) is 0 Å². The van der Waals surface area contributed by atoms with Crippen LogP contribution in [-0.4, -0.2) is 34.2 Å². The first-order valence-corrected chi connectivity index (χ1v) is 6.26. The molecular weight excluding hydrogens is 351 g/mol. The predicted octanol–water partition coefficient (Wildman–Crippen LogP) is 1.38. The highest BCUT2D eigenvalue weighted by Gasteiger charge is 2.15. The van der Waals surface area contributed by atoms with Gasteiger partial charge >= 0.3 is 5.97 Å². The highest BCUT2D eigenvalue weighted by atomic mass is 127. The van der Waals surface area contributed by atoms with E-state index in [4.69, 9.17) is 14.7 Å². The van der Waals surface area contributed by atoms with E-state index in [0.717, 1.165) is 0 Å². The summed E-state index contributed by atoms with van der Waals surface area (Å²) in [5.74, 6) is -0.0716. The number of aromatic nitrogens is 1. The number of halogens is 1. The van der Waals surface area contributed by atoms with Gasteiger partial charge in [0.15, 0.2) is 5.69 Å². The molecule has 0 saturated heterocycles. The van der Waals surface area contributed by atoms with Gasteiger partial charge in [-0.1, -0.05) is 5.16 Å². The number of rotatable bonds is 6. The van der Waals surface area contributed by atoms with E-state index >= 15 is 0 Å². The molecule has 98 valence electrons. The second-order valence-electron chi connectivity index (χ2n) is 3.17. The van der Waals surface area contributed by atoms with E-state index in [1.807, 2.05) is 22.6 Å². The SMILES string of the molecule is CCOC(=O)c1cc(C/C(=N/NC)C(=N)I)on1. The van der Waals surface area contributed by atoms with Crippen LogP contribution in [0.2, 0.25) is 0 Å². The van der Waals surface area contributed by atoms with E-state index in [0.29, 0.717) is 11.5 Å². The Hall–Kier alpha value is -1.45. The topological polar surface area (TPSA) is 101 Å². The molecule has 0 atom stereocenters. The zero-order chi connectivity index (χ0) is 13.5. The van der Waals surface area contributed by atoms with Crippen LogP contribution >= 0.6 is 22.6 Å². The minimum atomic E-state index is -0.524. The van der Waals surface area contributed by atoms with Crippen molar-refractivity contribution in [2.45, 2.75) is 13.3 Å². The summed E-state index contributed by atoms with van der Waals surface area (Å²) >= 11 is 1.85. The van der Waals surface area contributed by atoms with Gasteiger partial charge in [-0.3, -0.25) is 5.41 Å². The van der Waals surface area contributed by atoms with Gasteiger partial charge in [-0.2, -0.15) is 5.10 Å². The molecule has 1 aromatic rings. The van der Waals surface area contributed by atoms with Crippen molar-refractivity contribution in [3.05, 3.63) is 17.5 Å². The fraction of sp³-hybridized carbons (Fsp3) is 0.400. The lowest BCUT2D eigenvalue weighted by atomic mass is 10.2. The minimum Gasteiger partial charge on any atom is -0.461 e. The molecule has 0 aliphatic heterocycles. The van der Waals surface area contributed by atoms with Crippen LogP contribution in [0.15, 0.2) is 15.7 Å². The molecule has 7 nitrogen and oxygen atoms in total. The van der Waals surface area contributed by atoms with Crippen LogP contribution in [0.5, 0.6) is 0 Å². The van der Waals surface area contributed by atoms with Gasteiger partial charge in [0, 0.05) is 13.1 Å². The first kappa shape index (κ1) is 14.6. The van der Waals surface area contributed by atoms with Crippen LogP contribution in [-0.2, 0) is 11.2 Å². The molecule has 0 bridgehead atoms. The first-order chi connectivity index (χ1) is 8.58. The summed E-state index contributed by atoms with van der Waals surface area (Å²) < 4.78 is 10.1. The molecule has 0 radical (unpaired) electrons. The molecular formula is C10H13IN4O3. The van der Waals surface area contributed by atoms with Crippen LogP contribution in [0.25, 0.3) is 0 Å². The van der Waals surface area contributed by atoms with Gasteiger partial charge in [0.1, 0.15) is 9.48 Å². The molecule has 2 N–H and O–H groups in total. The van der Waals surface area contributed by atoms with Crippen LogP contribution in [0.4, 0.5) is 0 Å². The Labute approximate surface area is 118 Å². The van der Waals surface area contributed by atoms with Crippen molar-refractivity contribution < 1.29 is 14.1 Å². The van der Waals surface area contributed by atoms with E-state index in [9.17, 15) is 4.79 Å². The molecule has 0 fully saturated rings. The monoisotopic (exact) mass is 364 g/mol. The summed E-state index contributed by atoms with van der Waals surface area (Å²) in [6.07, 6.45) is 0.287. The highest BCUT2D eigenvalue weighted by Crippen LogP contribution is 2.08. The van der Waals surface area contributed by atoms with E-state index in [-0.39, 0.29) is 22.4 Å².